The number of aliphatic hydroxyl groups is 1. The van der Waals surface area contributed by atoms with Crippen LogP contribution in [0.25, 0.3) is 44.6 Å². The molecule has 3 aromatic heterocycles. The number of oxazole rings is 1. The van der Waals surface area contributed by atoms with Gasteiger partial charge in [0.25, 0.3) is 0 Å². The number of nitriles is 1. The SMILES string of the molecule is Cc1c(Nc2nccc3c(CN4CCC(O)C4)ccnc23)cccc1-c1cccc(-c2nc3cc(C=O)cc(C#N)c3o2)c1C. The summed E-state index contributed by atoms with van der Waals surface area (Å²) in [6.45, 7) is 6.41. The van der Waals surface area contributed by atoms with Crippen LogP contribution in [0.3, 0.4) is 0 Å². The number of rotatable bonds is 7. The van der Waals surface area contributed by atoms with E-state index in [0.29, 0.717) is 41.2 Å². The van der Waals surface area contributed by atoms with Gasteiger partial charge in [0.05, 0.1) is 11.7 Å². The summed E-state index contributed by atoms with van der Waals surface area (Å²) in [5, 5.41) is 24.2. The van der Waals surface area contributed by atoms with E-state index in [1.54, 1.807) is 12.3 Å². The number of nitrogens with one attached hydrogen (secondary N) is 1. The van der Waals surface area contributed by atoms with Gasteiger partial charge in [0, 0.05) is 54.2 Å². The van der Waals surface area contributed by atoms with Gasteiger partial charge in [-0.05, 0) is 84.5 Å². The lowest BCUT2D eigenvalue weighted by atomic mass is 9.93. The molecule has 4 heterocycles. The van der Waals surface area contributed by atoms with Gasteiger partial charge in [0.1, 0.15) is 23.4 Å². The molecule has 0 amide bonds. The number of aliphatic hydroxyl groups excluding tert-OH is 1. The van der Waals surface area contributed by atoms with E-state index in [9.17, 15) is 15.2 Å². The lowest BCUT2D eigenvalue weighted by molar-refractivity contribution is 0.112. The molecule has 7 rings (SSSR count). The van der Waals surface area contributed by atoms with Crippen molar-refractivity contribution in [3.8, 4) is 28.7 Å². The maximum atomic E-state index is 11.4. The number of β-amino-alcohol motifs (C(OH)–C–C–N with tert-alkyl or cyclic N) is 1. The fourth-order valence-corrected chi connectivity index (χ4v) is 6.23. The van der Waals surface area contributed by atoms with Crippen LogP contribution in [0.4, 0.5) is 11.5 Å². The van der Waals surface area contributed by atoms with E-state index in [-0.39, 0.29) is 11.7 Å². The Bertz CT molecular complexity index is 2150. The number of pyridine rings is 2. The molecule has 2 N–H and O–H groups in total. The Morgan fingerprint density at radius 3 is 2.60 bits per heavy atom. The molecule has 1 atom stereocenters. The number of benzene rings is 3. The first-order valence-corrected chi connectivity index (χ1v) is 14.8. The van der Waals surface area contributed by atoms with Crippen molar-refractivity contribution in [2.45, 2.75) is 32.9 Å². The van der Waals surface area contributed by atoms with Crippen molar-refractivity contribution in [1.82, 2.24) is 19.9 Å². The molecule has 0 radical (unpaired) electrons. The van der Waals surface area contributed by atoms with Gasteiger partial charge in [-0.1, -0.05) is 24.3 Å². The molecule has 1 unspecified atom stereocenters. The average Bonchev–Trinajstić information content (AvgIpc) is 3.67. The van der Waals surface area contributed by atoms with E-state index < -0.39 is 0 Å². The first-order valence-electron chi connectivity index (χ1n) is 14.8. The summed E-state index contributed by atoms with van der Waals surface area (Å²) in [6.07, 6.45) is 4.86. The number of nitrogens with zero attached hydrogens (tertiary/aromatic N) is 5. The highest BCUT2D eigenvalue weighted by Gasteiger charge is 2.22. The molecule has 9 heteroatoms. The number of aromatic nitrogens is 3. The number of likely N-dealkylation sites (tertiary alicyclic amines) is 1. The molecule has 0 saturated carbocycles. The molecule has 3 aromatic carbocycles. The minimum Gasteiger partial charge on any atom is -0.435 e. The Balaban J connectivity index is 1.24. The van der Waals surface area contributed by atoms with Crippen LogP contribution >= 0.6 is 0 Å². The Morgan fingerprint density at radius 2 is 1.82 bits per heavy atom. The highest BCUT2D eigenvalue weighted by atomic mass is 16.3. The minimum absolute atomic E-state index is 0.264. The third kappa shape index (κ3) is 5.20. The van der Waals surface area contributed by atoms with Gasteiger partial charge in [0.2, 0.25) is 5.89 Å². The van der Waals surface area contributed by atoms with Crippen LogP contribution in [-0.4, -0.2) is 50.4 Å². The largest absolute Gasteiger partial charge is 0.435 e. The summed E-state index contributed by atoms with van der Waals surface area (Å²) >= 11 is 0. The second-order valence-corrected chi connectivity index (χ2v) is 11.5. The van der Waals surface area contributed by atoms with Gasteiger partial charge in [-0.25, -0.2) is 9.97 Å². The van der Waals surface area contributed by atoms with Gasteiger partial charge in [-0.3, -0.25) is 14.7 Å². The summed E-state index contributed by atoms with van der Waals surface area (Å²) in [4.78, 5) is 27.6. The molecule has 6 aromatic rings. The Hall–Kier alpha value is -5.43. The van der Waals surface area contributed by atoms with Crippen molar-refractivity contribution in [3.05, 3.63) is 101 Å². The summed E-state index contributed by atoms with van der Waals surface area (Å²) in [7, 11) is 0. The van der Waals surface area contributed by atoms with E-state index in [1.165, 1.54) is 6.07 Å². The van der Waals surface area contributed by atoms with Crippen LogP contribution in [0.1, 0.15) is 39.0 Å². The summed E-state index contributed by atoms with van der Waals surface area (Å²) in [6, 6.07) is 21.4. The summed E-state index contributed by atoms with van der Waals surface area (Å²) in [5.41, 5.74) is 9.21. The highest BCUT2D eigenvalue weighted by molar-refractivity contribution is 5.93. The molecule has 0 bridgehead atoms. The molecule has 9 nitrogen and oxygen atoms in total. The fraction of sp³-hybridized carbons (Fsp3) is 0.194. The first-order chi connectivity index (χ1) is 21.9. The zero-order valence-electron chi connectivity index (χ0n) is 24.9. The van der Waals surface area contributed by atoms with E-state index in [0.717, 1.165) is 69.5 Å². The number of aldehydes is 1. The predicted octanol–water partition coefficient (Wildman–Crippen LogP) is 6.72. The number of fused-ring (bicyclic) bond motifs is 2. The number of anilines is 2. The average molecular weight is 595 g/mol. The topological polar surface area (TPSA) is 128 Å². The quantitative estimate of drug-likeness (QED) is 0.194. The van der Waals surface area contributed by atoms with Crippen LogP contribution < -0.4 is 5.32 Å². The van der Waals surface area contributed by atoms with Crippen LogP contribution in [0, 0.1) is 25.2 Å². The smallest absolute Gasteiger partial charge is 0.227 e. The molecule has 1 saturated heterocycles. The lowest BCUT2D eigenvalue weighted by Crippen LogP contribution is -2.21. The second kappa shape index (κ2) is 11.6. The number of carbonyl (C=O) groups excluding carboxylic acids is 1. The van der Waals surface area contributed by atoms with Crippen molar-refractivity contribution < 1.29 is 14.3 Å². The van der Waals surface area contributed by atoms with E-state index in [2.05, 4.69) is 50.3 Å². The maximum absolute atomic E-state index is 11.4. The summed E-state index contributed by atoms with van der Waals surface area (Å²) < 4.78 is 6.09. The first kappa shape index (κ1) is 28.3. The van der Waals surface area contributed by atoms with Gasteiger partial charge >= 0.3 is 0 Å². The molecule has 1 fully saturated rings. The zero-order chi connectivity index (χ0) is 31.1. The summed E-state index contributed by atoms with van der Waals surface area (Å²) in [5.74, 6) is 1.07. The number of hydrogen-bond donors (Lipinski definition) is 2. The van der Waals surface area contributed by atoms with Gasteiger partial charge in [-0.2, -0.15) is 5.26 Å². The van der Waals surface area contributed by atoms with Gasteiger partial charge in [0.15, 0.2) is 11.4 Å². The van der Waals surface area contributed by atoms with Crippen LogP contribution in [0.5, 0.6) is 0 Å². The van der Waals surface area contributed by atoms with Gasteiger partial charge in [-0.15, -0.1) is 0 Å². The third-order valence-corrected chi connectivity index (χ3v) is 8.60. The number of carbonyl (C=O) groups is 1. The fourth-order valence-electron chi connectivity index (χ4n) is 6.23. The minimum atomic E-state index is -0.264. The van der Waals surface area contributed by atoms with E-state index >= 15 is 0 Å². The van der Waals surface area contributed by atoms with Crippen LogP contribution in [0.2, 0.25) is 0 Å². The van der Waals surface area contributed by atoms with Crippen LogP contribution in [0.15, 0.2) is 77.5 Å². The molecule has 0 aliphatic carbocycles. The van der Waals surface area contributed by atoms with Crippen molar-refractivity contribution in [2.75, 3.05) is 18.4 Å². The van der Waals surface area contributed by atoms with Crippen LogP contribution in [-0.2, 0) is 6.54 Å². The van der Waals surface area contributed by atoms with Crippen molar-refractivity contribution in [2.24, 2.45) is 0 Å². The highest BCUT2D eigenvalue weighted by Crippen LogP contribution is 2.37. The maximum Gasteiger partial charge on any atom is 0.227 e. The number of hydrogen-bond acceptors (Lipinski definition) is 9. The standard InChI is InChI=1S/C36H30N6O3/c1-21-27(5-3-7-29(21)36-41-32-16-23(20-43)15-25(17-37)34(32)45-36)28-6-4-8-31(22(28)2)40-35-33-30(10-13-39-35)24(9-12-38-33)18-42-14-11-26(44)19-42/h3-10,12-13,15-16,20,26,44H,11,14,18-19H2,1-2H3,(H,39,40). The Labute approximate surface area is 259 Å². The normalized spacial score (nSPS) is 15.0. The van der Waals surface area contributed by atoms with Crippen molar-refractivity contribution in [1.29, 1.82) is 5.26 Å². The van der Waals surface area contributed by atoms with E-state index in [4.69, 9.17) is 4.42 Å². The zero-order valence-corrected chi connectivity index (χ0v) is 24.9. The lowest BCUT2D eigenvalue weighted by Gasteiger charge is -2.18. The molecule has 222 valence electrons. The third-order valence-electron chi connectivity index (χ3n) is 8.60. The Morgan fingerprint density at radius 1 is 1.04 bits per heavy atom. The second-order valence-electron chi connectivity index (χ2n) is 11.5. The monoisotopic (exact) mass is 594 g/mol. The molecule has 1 aliphatic rings. The van der Waals surface area contributed by atoms with Gasteiger partial charge < -0.3 is 14.8 Å². The Kier molecular flexibility index (Phi) is 7.29. The van der Waals surface area contributed by atoms with E-state index in [1.807, 2.05) is 49.5 Å². The van der Waals surface area contributed by atoms with Crippen molar-refractivity contribution >= 4 is 39.8 Å². The molecular formula is C36H30N6O3. The molecule has 45 heavy (non-hydrogen) atoms. The molecular weight excluding hydrogens is 564 g/mol. The molecule has 1 aliphatic heterocycles. The molecule has 0 spiro atoms. The predicted molar refractivity (Wildman–Crippen MR) is 173 cm³/mol. The van der Waals surface area contributed by atoms with Crippen molar-refractivity contribution in [3.63, 3.8) is 0 Å².